The molecule has 0 aliphatic rings. The molecule has 0 unspecified atom stereocenters. The van der Waals surface area contributed by atoms with Crippen molar-refractivity contribution >= 4 is 22.6 Å². The summed E-state index contributed by atoms with van der Waals surface area (Å²) in [5, 5.41) is 14.1. The maximum Gasteiger partial charge on any atom is 0.286 e. The molecule has 3 aromatic rings. The first kappa shape index (κ1) is 19.2. The standard InChI is InChI=1S/C19H20N4O5/c1-4-28-17-9-12(15(23(25)26)10-16(17)27-3)19(24)20-11-18-21-13-7-5-6-8-14(13)22(18)2/h5-10H,4,11H2,1-3H3,(H,20,24). The van der Waals surface area contributed by atoms with Crippen LogP contribution in [0, 0.1) is 10.1 Å². The predicted octanol–water partition coefficient (Wildman–Crippen LogP) is 2.82. The van der Waals surface area contributed by atoms with E-state index < -0.39 is 10.8 Å². The summed E-state index contributed by atoms with van der Waals surface area (Å²) in [6.45, 7) is 2.22. The summed E-state index contributed by atoms with van der Waals surface area (Å²) < 4.78 is 12.4. The topological polar surface area (TPSA) is 109 Å². The van der Waals surface area contributed by atoms with E-state index in [9.17, 15) is 14.9 Å². The lowest BCUT2D eigenvalue weighted by Crippen LogP contribution is -2.25. The van der Waals surface area contributed by atoms with Gasteiger partial charge in [-0.15, -0.1) is 0 Å². The average Bonchev–Trinajstić information content (AvgIpc) is 3.02. The molecule has 0 saturated carbocycles. The third kappa shape index (κ3) is 3.59. The van der Waals surface area contributed by atoms with Crippen LogP contribution in [0.1, 0.15) is 23.1 Å². The second kappa shape index (κ2) is 7.95. The molecular weight excluding hydrogens is 364 g/mol. The lowest BCUT2D eigenvalue weighted by molar-refractivity contribution is -0.385. The highest BCUT2D eigenvalue weighted by molar-refractivity contribution is 5.99. The van der Waals surface area contributed by atoms with Crippen molar-refractivity contribution in [2.75, 3.05) is 13.7 Å². The van der Waals surface area contributed by atoms with E-state index >= 15 is 0 Å². The molecule has 1 aromatic heterocycles. The highest BCUT2D eigenvalue weighted by Crippen LogP contribution is 2.34. The number of hydrogen-bond acceptors (Lipinski definition) is 6. The zero-order valence-corrected chi connectivity index (χ0v) is 15.8. The quantitative estimate of drug-likeness (QED) is 0.496. The number of ether oxygens (including phenoxy) is 2. The first-order valence-electron chi connectivity index (χ1n) is 8.64. The summed E-state index contributed by atoms with van der Waals surface area (Å²) in [6, 6.07) is 10.1. The molecule has 0 fully saturated rings. The number of imidazole rings is 1. The molecule has 0 atom stereocenters. The fraction of sp³-hybridized carbons (Fsp3) is 0.263. The van der Waals surface area contributed by atoms with Crippen molar-refractivity contribution in [2.24, 2.45) is 7.05 Å². The Morgan fingerprint density at radius 1 is 1.29 bits per heavy atom. The Bertz CT molecular complexity index is 1040. The van der Waals surface area contributed by atoms with Crippen LogP contribution in [0.4, 0.5) is 5.69 Å². The summed E-state index contributed by atoms with van der Waals surface area (Å²) >= 11 is 0. The van der Waals surface area contributed by atoms with Gasteiger partial charge in [0.15, 0.2) is 11.5 Å². The first-order chi connectivity index (χ1) is 13.5. The Morgan fingerprint density at radius 2 is 2.04 bits per heavy atom. The monoisotopic (exact) mass is 384 g/mol. The number of nitro groups is 1. The van der Waals surface area contributed by atoms with Gasteiger partial charge in [-0.2, -0.15) is 0 Å². The Kier molecular flexibility index (Phi) is 5.44. The molecule has 0 spiro atoms. The Hall–Kier alpha value is -3.62. The zero-order chi connectivity index (χ0) is 20.3. The second-order valence-electron chi connectivity index (χ2n) is 5.97. The molecule has 0 aliphatic heterocycles. The zero-order valence-electron chi connectivity index (χ0n) is 15.8. The number of fused-ring (bicyclic) bond motifs is 1. The van der Waals surface area contributed by atoms with E-state index in [1.807, 2.05) is 35.9 Å². The van der Waals surface area contributed by atoms with E-state index in [1.165, 1.54) is 19.2 Å². The number of aromatic nitrogens is 2. The van der Waals surface area contributed by atoms with Gasteiger partial charge in [0.05, 0.1) is 42.3 Å². The minimum Gasteiger partial charge on any atom is -0.493 e. The number of methoxy groups -OCH3 is 1. The minimum atomic E-state index is -0.623. The molecule has 0 aliphatic carbocycles. The van der Waals surface area contributed by atoms with Crippen LogP contribution in [-0.2, 0) is 13.6 Å². The van der Waals surface area contributed by atoms with Gasteiger partial charge < -0.3 is 19.4 Å². The molecule has 2 aromatic carbocycles. The summed E-state index contributed by atoms with van der Waals surface area (Å²) in [6.07, 6.45) is 0. The molecule has 1 N–H and O–H groups in total. The van der Waals surface area contributed by atoms with E-state index in [0.717, 1.165) is 11.0 Å². The van der Waals surface area contributed by atoms with Crippen LogP contribution >= 0.6 is 0 Å². The van der Waals surface area contributed by atoms with Crippen molar-refractivity contribution in [1.29, 1.82) is 0 Å². The summed E-state index contributed by atoms with van der Waals surface area (Å²) in [7, 11) is 3.23. The minimum absolute atomic E-state index is 0.104. The van der Waals surface area contributed by atoms with Gasteiger partial charge in [0.1, 0.15) is 11.4 Å². The number of hydrogen-bond donors (Lipinski definition) is 1. The average molecular weight is 384 g/mol. The number of amides is 1. The molecule has 146 valence electrons. The number of carbonyl (C=O) groups is 1. The number of para-hydroxylation sites is 2. The number of aryl methyl sites for hydroxylation is 1. The van der Waals surface area contributed by atoms with Gasteiger partial charge in [0.25, 0.3) is 11.6 Å². The molecule has 3 rings (SSSR count). The lowest BCUT2D eigenvalue weighted by atomic mass is 10.1. The van der Waals surface area contributed by atoms with Crippen LogP contribution < -0.4 is 14.8 Å². The molecule has 1 amide bonds. The molecule has 0 saturated heterocycles. The molecule has 9 heteroatoms. The first-order valence-corrected chi connectivity index (χ1v) is 8.64. The third-order valence-corrected chi connectivity index (χ3v) is 4.31. The van der Waals surface area contributed by atoms with Gasteiger partial charge in [-0.3, -0.25) is 14.9 Å². The van der Waals surface area contributed by atoms with Crippen molar-refractivity contribution in [2.45, 2.75) is 13.5 Å². The Labute approximate surface area is 161 Å². The Balaban J connectivity index is 1.89. The van der Waals surface area contributed by atoms with Crippen LogP contribution in [0.2, 0.25) is 0 Å². The van der Waals surface area contributed by atoms with Gasteiger partial charge in [0, 0.05) is 13.1 Å². The number of nitrogens with zero attached hydrogens (tertiary/aromatic N) is 3. The van der Waals surface area contributed by atoms with Crippen molar-refractivity contribution in [3.63, 3.8) is 0 Å². The van der Waals surface area contributed by atoms with E-state index in [-0.39, 0.29) is 29.3 Å². The fourth-order valence-corrected chi connectivity index (χ4v) is 2.92. The van der Waals surface area contributed by atoms with E-state index in [0.29, 0.717) is 12.4 Å². The highest BCUT2D eigenvalue weighted by atomic mass is 16.6. The summed E-state index contributed by atoms with van der Waals surface area (Å²) in [5.41, 5.74) is 1.28. The van der Waals surface area contributed by atoms with Crippen LogP contribution in [-0.4, -0.2) is 34.1 Å². The largest absolute Gasteiger partial charge is 0.493 e. The number of nitro benzene ring substituents is 1. The number of carbonyl (C=O) groups excluding carboxylic acids is 1. The van der Waals surface area contributed by atoms with Gasteiger partial charge in [-0.1, -0.05) is 12.1 Å². The number of benzene rings is 2. The van der Waals surface area contributed by atoms with Crippen molar-refractivity contribution in [3.05, 3.63) is 57.9 Å². The van der Waals surface area contributed by atoms with Gasteiger partial charge in [0.2, 0.25) is 0 Å². The summed E-state index contributed by atoms with van der Waals surface area (Å²) in [5.74, 6) is 0.502. The van der Waals surface area contributed by atoms with Crippen LogP contribution in [0.15, 0.2) is 36.4 Å². The van der Waals surface area contributed by atoms with Crippen LogP contribution in [0.5, 0.6) is 11.5 Å². The molecule has 28 heavy (non-hydrogen) atoms. The predicted molar refractivity (Wildman–Crippen MR) is 103 cm³/mol. The van der Waals surface area contributed by atoms with Crippen LogP contribution in [0.3, 0.4) is 0 Å². The van der Waals surface area contributed by atoms with Crippen LogP contribution in [0.25, 0.3) is 11.0 Å². The smallest absolute Gasteiger partial charge is 0.286 e. The molecule has 0 radical (unpaired) electrons. The number of nitrogens with one attached hydrogen (secondary N) is 1. The maximum atomic E-state index is 12.7. The van der Waals surface area contributed by atoms with Gasteiger partial charge >= 0.3 is 0 Å². The maximum absolute atomic E-state index is 12.7. The molecular formula is C19H20N4O5. The van der Waals surface area contributed by atoms with Gasteiger partial charge in [-0.25, -0.2) is 4.98 Å². The SMILES string of the molecule is CCOc1cc(C(=O)NCc2nc3ccccc3n2C)c([N+](=O)[O-])cc1OC. The van der Waals surface area contributed by atoms with E-state index in [2.05, 4.69) is 10.3 Å². The molecule has 1 heterocycles. The fourth-order valence-electron chi connectivity index (χ4n) is 2.92. The van der Waals surface area contributed by atoms with E-state index in [1.54, 1.807) is 6.92 Å². The molecule has 0 bridgehead atoms. The normalized spacial score (nSPS) is 10.7. The summed E-state index contributed by atoms with van der Waals surface area (Å²) in [4.78, 5) is 28.0. The second-order valence-corrected chi connectivity index (χ2v) is 5.97. The van der Waals surface area contributed by atoms with Crippen molar-refractivity contribution < 1.29 is 19.2 Å². The highest BCUT2D eigenvalue weighted by Gasteiger charge is 2.25. The lowest BCUT2D eigenvalue weighted by Gasteiger charge is -2.12. The third-order valence-electron chi connectivity index (χ3n) is 4.31. The van der Waals surface area contributed by atoms with E-state index in [4.69, 9.17) is 9.47 Å². The van der Waals surface area contributed by atoms with Crippen molar-refractivity contribution in [1.82, 2.24) is 14.9 Å². The van der Waals surface area contributed by atoms with Crippen molar-refractivity contribution in [3.8, 4) is 11.5 Å². The number of rotatable bonds is 7. The molecule has 9 nitrogen and oxygen atoms in total. The Morgan fingerprint density at radius 3 is 2.68 bits per heavy atom. The van der Waals surface area contributed by atoms with Gasteiger partial charge in [-0.05, 0) is 19.1 Å².